The third-order valence-electron chi connectivity index (χ3n) is 3.80. The van der Waals surface area contributed by atoms with Gasteiger partial charge in [-0.2, -0.15) is 0 Å². The first kappa shape index (κ1) is 13.5. The van der Waals surface area contributed by atoms with Crippen LogP contribution < -0.4 is 0 Å². The van der Waals surface area contributed by atoms with Gasteiger partial charge < -0.3 is 5.11 Å². The predicted molar refractivity (Wildman–Crippen MR) is 73.2 cm³/mol. The van der Waals surface area contributed by atoms with Crippen LogP contribution in [0.15, 0.2) is 24.5 Å². The highest BCUT2D eigenvalue weighted by Gasteiger charge is 2.19. The van der Waals surface area contributed by atoms with Gasteiger partial charge in [-0.05, 0) is 37.1 Å². The minimum atomic E-state index is -0.181. The van der Waals surface area contributed by atoms with E-state index in [1.165, 1.54) is 31.2 Å². The monoisotopic (exact) mass is 248 g/mol. The minimum absolute atomic E-state index is 0.181. The van der Waals surface area contributed by atoms with Crippen LogP contribution in [-0.2, 0) is 6.54 Å². The maximum Gasteiger partial charge on any atom is 0.0669 e. The van der Waals surface area contributed by atoms with Gasteiger partial charge in [0.1, 0.15) is 0 Å². The predicted octanol–water partition coefficient (Wildman–Crippen LogP) is 2.45. The molecule has 1 aliphatic rings. The molecule has 0 amide bonds. The molecule has 1 fully saturated rings. The maximum absolute atomic E-state index is 10.1. The Labute approximate surface area is 110 Å². The average molecular weight is 248 g/mol. The number of hydrogen-bond donors (Lipinski definition) is 1. The molecule has 100 valence electrons. The second kappa shape index (κ2) is 6.86. The number of rotatable bonds is 6. The number of aromatic nitrogens is 1. The summed E-state index contributed by atoms with van der Waals surface area (Å²) in [6.45, 7) is 1.64. The molecule has 1 unspecified atom stereocenters. The zero-order valence-electron chi connectivity index (χ0n) is 11.3. The summed E-state index contributed by atoms with van der Waals surface area (Å²) in [5, 5.41) is 10.1. The number of likely N-dealkylation sites (N-methyl/N-ethyl adjacent to an activating group) is 1. The van der Waals surface area contributed by atoms with Crippen molar-refractivity contribution in [2.24, 2.45) is 5.92 Å². The van der Waals surface area contributed by atoms with Gasteiger partial charge in [0.2, 0.25) is 0 Å². The Morgan fingerprint density at radius 1 is 1.33 bits per heavy atom. The van der Waals surface area contributed by atoms with Crippen LogP contribution in [0.25, 0.3) is 0 Å². The molecule has 1 aliphatic carbocycles. The summed E-state index contributed by atoms with van der Waals surface area (Å²) in [7, 11) is 2.07. The number of aliphatic hydroxyl groups is 1. The zero-order chi connectivity index (χ0) is 12.8. The van der Waals surface area contributed by atoms with Gasteiger partial charge in [0.05, 0.1) is 6.10 Å². The van der Waals surface area contributed by atoms with Crippen LogP contribution in [-0.4, -0.2) is 34.7 Å². The number of aliphatic hydroxyl groups excluding tert-OH is 1. The van der Waals surface area contributed by atoms with Gasteiger partial charge >= 0.3 is 0 Å². The Morgan fingerprint density at radius 2 is 2.00 bits per heavy atom. The third-order valence-corrected chi connectivity index (χ3v) is 3.80. The van der Waals surface area contributed by atoms with Gasteiger partial charge in [-0.25, -0.2) is 0 Å². The van der Waals surface area contributed by atoms with Crippen molar-refractivity contribution in [2.75, 3.05) is 13.6 Å². The van der Waals surface area contributed by atoms with Gasteiger partial charge in [-0.3, -0.25) is 9.88 Å². The Balaban J connectivity index is 1.71. The van der Waals surface area contributed by atoms with E-state index in [1.54, 1.807) is 0 Å². The first-order valence-electron chi connectivity index (χ1n) is 6.99. The van der Waals surface area contributed by atoms with Crippen LogP contribution in [0.3, 0.4) is 0 Å². The number of pyridine rings is 1. The van der Waals surface area contributed by atoms with Crippen LogP contribution in [0.5, 0.6) is 0 Å². The standard InChI is InChI=1S/C15H24N2O/c1-17(11-14-6-8-16-9-7-14)12-15(18)10-13-4-2-3-5-13/h6-9,13,15,18H,2-5,10-12H2,1H3. The van der Waals surface area contributed by atoms with E-state index in [1.807, 2.05) is 24.5 Å². The molecule has 1 aromatic heterocycles. The van der Waals surface area contributed by atoms with Crippen molar-refractivity contribution in [1.82, 2.24) is 9.88 Å². The quantitative estimate of drug-likeness (QED) is 0.840. The minimum Gasteiger partial charge on any atom is -0.392 e. The lowest BCUT2D eigenvalue weighted by atomic mass is 10.00. The summed E-state index contributed by atoms with van der Waals surface area (Å²) in [5.41, 5.74) is 1.25. The molecule has 2 rings (SSSR count). The molecule has 1 aromatic rings. The van der Waals surface area contributed by atoms with Gasteiger partial charge in [0.25, 0.3) is 0 Å². The Bertz CT molecular complexity index is 336. The fraction of sp³-hybridized carbons (Fsp3) is 0.667. The smallest absolute Gasteiger partial charge is 0.0669 e. The Kier molecular flexibility index (Phi) is 5.14. The van der Waals surface area contributed by atoms with Crippen molar-refractivity contribution >= 4 is 0 Å². The van der Waals surface area contributed by atoms with E-state index in [9.17, 15) is 5.11 Å². The van der Waals surface area contributed by atoms with Crippen LogP contribution in [0, 0.1) is 5.92 Å². The zero-order valence-corrected chi connectivity index (χ0v) is 11.3. The SMILES string of the molecule is CN(Cc1ccncc1)CC(O)CC1CCCC1. The van der Waals surface area contributed by atoms with Crippen molar-refractivity contribution in [2.45, 2.75) is 44.8 Å². The van der Waals surface area contributed by atoms with Gasteiger partial charge in [-0.1, -0.05) is 25.7 Å². The molecule has 3 heteroatoms. The Hall–Kier alpha value is -0.930. The fourth-order valence-electron chi connectivity index (χ4n) is 2.93. The number of nitrogens with zero attached hydrogens (tertiary/aromatic N) is 2. The average Bonchev–Trinajstić information content (AvgIpc) is 2.82. The maximum atomic E-state index is 10.1. The lowest BCUT2D eigenvalue weighted by Gasteiger charge is -2.22. The fourth-order valence-corrected chi connectivity index (χ4v) is 2.93. The molecule has 0 saturated heterocycles. The van der Waals surface area contributed by atoms with E-state index in [4.69, 9.17) is 0 Å². The Morgan fingerprint density at radius 3 is 2.67 bits per heavy atom. The molecule has 1 saturated carbocycles. The van der Waals surface area contributed by atoms with Gasteiger partial charge in [0.15, 0.2) is 0 Å². The van der Waals surface area contributed by atoms with Crippen LogP contribution in [0.1, 0.15) is 37.7 Å². The van der Waals surface area contributed by atoms with E-state index in [-0.39, 0.29) is 6.10 Å². The van der Waals surface area contributed by atoms with Crippen molar-refractivity contribution in [3.8, 4) is 0 Å². The molecule has 0 bridgehead atoms. The van der Waals surface area contributed by atoms with Crippen LogP contribution >= 0.6 is 0 Å². The van der Waals surface area contributed by atoms with Gasteiger partial charge in [0, 0.05) is 25.5 Å². The first-order chi connectivity index (χ1) is 8.74. The summed E-state index contributed by atoms with van der Waals surface area (Å²) in [6, 6.07) is 4.06. The van der Waals surface area contributed by atoms with Crippen LogP contribution in [0.4, 0.5) is 0 Å². The molecular weight excluding hydrogens is 224 g/mol. The van der Waals surface area contributed by atoms with E-state index in [0.717, 1.165) is 25.4 Å². The van der Waals surface area contributed by atoms with Crippen LogP contribution in [0.2, 0.25) is 0 Å². The summed E-state index contributed by atoms with van der Waals surface area (Å²) in [5.74, 6) is 0.759. The molecular formula is C15H24N2O. The highest BCUT2D eigenvalue weighted by Crippen LogP contribution is 2.28. The van der Waals surface area contributed by atoms with Crippen molar-refractivity contribution in [3.63, 3.8) is 0 Å². The normalized spacial score (nSPS) is 18.4. The molecule has 3 nitrogen and oxygen atoms in total. The molecule has 0 aromatic carbocycles. The summed E-state index contributed by atoms with van der Waals surface area (Å²) >= 11 is 0. The second-order valence-corrected chi connectivity index (χ2v) is 5.59. The highest BCUT2D eigenvalue weighted by atomic mass is 16.3. The molecule has 1 heterocycles. The van der Waals surface area contributed by atoms with E-state index in [2.05, 4.69) is 16.9 Å². The lowest BCUT2D eigenvalue weighted by Crippen LogP contribution is -2.30. The molecule has 18 heavy (non-hydrogen) atoms. The summed E-state index contributed by atoms with van der Waals surface area (Å²) in [6.07, 6.45) is 9.75. The third kappa shape index (κ3) is 4.39. The van der Waals surface area contributed by atoms with Gasteiger partial charge in [-0.15, -0.1) is 0 Å². The number of hydrogen-bond acceptors (Lipinski definition) is 3. The molecule has 1 atom stereocenters. The van der Waals surface area contributed by atoms with Crippen molar-refractivity contribution in [3.05, 3.63) is 30.1 Å². The topological polar surface area (TPSA) is 36.4 Å². The summed E-state index contributed by atoms with van der Waals surface area (Å²) < 4.78 is 0. The molecule has 0 spiro atoms. The molecule has 0 aliphatic heterocycles. The van der Waals surface area contributed by atoms with E-state index >= 15 is 0 Å². The second-order valence-electron chi connectivity index (χ2n) is 5.59. The molecule has 1 N–H and O–H groups in total. The highest BCUT2D eigenvalue weighted by molar-refractivity contribution is 5.09. The lowest BCUT2D eigenvalue weighted by molar-refractivity contribution is 0.0994. The van der Waals surface area contributed by atoms with Crippen molar-refractivity contribution in [1.29, 1.82) is 0 Å². The largest absolute Gasteiger partial charge is 0.392 e. The van der Waals surface area contributed by atoms with E-state index in [0.29, 0.717) is 0 Å². The first-order valence-corrected chi connectivity index (χ1v) is 6.99. The van der Waals surface area contributed by atoms with Crippen molar-refractivity contribution < 1.29 is 5.11 Å². The summed E-state index contributed by atoms with van der Waals surface area (Å²) in [4.78, 5) is 6.20. The molecule has 0 radical (unpaired) electrons. The van der Waals surface area contributed by atoms with E-state index < -0.39 is 0 Å².